The number of nitrogens with one attached hydrogen (secondary N) is 1. The van der Waals surface area contributed by atoms with E-state index in [2.05, 4.69) is 5.32 Å². The minimum absolute atomic E-state index is 0.277. The first-order valence-electron chi connectivity index (χ1n) is 7.04. The summed E-state index contributed by atoms with van der Waals surface area (Å²) in [6, 6.07) is 3.53. The van der Waals surface area contributed by atoms with Gasteiger partial charge in [0.2, 0.25) is 0 Å². The lowest BCUT2D eigenvalue weighted by Gasteiger charge is -2.25. The molecule has 0 saturated heterocycles. The minimum Gasteiger partial charge on any atom is -0.548 e. The molecule has 23 heavy (non-hydrogen) atoms. The van der Waals surface area contributed by atoms with Gasteiger partial charge in [0.1, 0.15) is 0 Å². The first-order chi connectivity index (χ1) is 10.9. The van der Waals surface area contributed by atoms with Gasteiger partial charge in [-0.3, -0.25) is 4.79 Å². The summed E-state index contributed by atoms with van der Waals surface area (Å²) >= 11 is 11.6. The van der Waals surface area contributed by atoms with E-state index in [0.29, 0.717) is 24.8 Å². The van der Waals surface area contributed by atoms with Gasteiger partial charge in [0.15, 0.2) is 0 Å². The maximum Gasteiger partial charge on any atom is 0.251 e. The highest BCUT2D eigenvalue weighted by Gasteiger charge is 2.16. The molecule has 6 nitrogen and oxygen atoms in total. The number of aliphatic hydroxyl groups is 1. The van der Waals surface area contributed by atoms with E-state index in [1.165, 1.54) is 0 Å². The van der Waals surface area contributed by atoms with Crippen LogP contribution in [0, 0.1) is 6.92 Å². The maximum atomic E-state index is 12.1. The van der Waals surface area contributed by atoms with Gasteiger partial charge in [0.05, 0.1) is 18.6 Å². The van der Waals surface area contributed by atoms with Gasteiger partial charge in [-0.05, 0) is 24.6 Å². The van der Waals surface area contributed by atoms with Crippen molar-refractivity contribution in [2.75, 3.05) is 36.4 Å². The summed E-state index contributed by atoms with van der Waals surface area (Å²) in [5.41, 5.74) is 2.02. The maximum absolute atomic E-state index is 12.1. The number of carbonyl (C=O) groups excluding carboxylic acids is 2. The zero-order valence-electron chi connectivity index (χ0n) is 12.7. The topological polar surface area (TPSA) is 92.7 Å². The van der Waals surface area contributed by atoms with E-state index in [-0.39, 0.29) is 5.56 Å². The number of aliphatic carboxylic acids is 1. The number of alkyl halides is 2. The number of aliphatic hydroxyl groups excluding tert-OH is 1. The predicted molar refractivity (Wildman–Crippen MR) is 88.2 cm³/mol. The molecule has 0 bridgehead atoms. The number of carboxylic acids is 1. The molecule has 0 radical (unpaired) electrons. The van der Waals surface area contributed by atoms with Crippen molar-refractivity contribution in [1.29, 1.82) is 0 Å². The van der Waals surface area contributed by atoms with Crippen LogP contribution in [0.25, 0.3) is 0 Å². The van der Waals surface area contributed by atoms with Gasteiger partial charge in [-0.1, -0.05) is 6.07 Å². The molecule has 0 aromatic heterocycles. The predicted octanol–water partition coefficient (Wildman–Crippen LogP) is 0.120. The molecule has 1 rings (SSSR count). The fraction of sp³-hybridized carbons (Fsp3) is 0.467. The van der Waals surface area contributed by atoms with Crippen molar-refractivity contribution >= 4 is 40.8 Å². The molecule has 0 aliphatic rings. The number of aryl methyl sites for hydroxylation is 1. The van der Waals surface area contributed by atoms with Crippen LogP contribution in [-0.4, -0.2) is 54.5 Å². The van der Waals surface area contributed by atoms with E-state index in [1.54, 1.807) is 18.2 Å². The number of carbonyl (C=O) groups is 2. The molecule has 1 aromatic rings. The first-order valence-corrected chi connectivity index (χ1v) is 8.11. The number of carboxylic acid groups (broad SMARTS) is 1. The monoisotopic (exact) mass is 361 g/mol. The van der Waals surface area contributed by atoms with Gasteiger partial charge in [-0.2, -0.15) is 0 Å². The fourth-order valence-electron chi connectivity index (χ4n) is 2.07. The number of halogens is 2. The summed E-state index contributed by atoms with van der Waals surface area (Å²) in [5.74, 6) is -1.33. The van der Waals surface area contributed by atoms with Crippen LogP contribution < -0.4 is 15.3 Å². The van der Waals surface area contributed by atoms with Crippen LogP contribution in [0.3, 0.4) is 0 Å². The Hall–Kier alpha value is -1.50. The van der Waals surface area contributed by atoms with Gasteiger partial charge < -0.3 is 25.2 Å². The summed E-state index contributed by atoms with van der Waals surface area (Å²) < 4.78 is 0. The van der Waals surface area contributed by atoms with E-state index in [0.717, 1.165) is 11.3 Å². The highest BCUT2D eigenvalue weighted by molar-refractivity contribution is 6.18. The van der Waals surface area contributed by atoms with Crippen molar-refractivity contribution in [1.82, 2.24) is 5.32 Å². The number of amides is 1. The lowest BCUT2D eigenvalue weighted by molar-refractivity contribution is -0.308. The van der Waals surface area contributed by atoms with Crippen LogP contribution in [-0.2, 0) is 4.79 Å². The van der Waals surface area contributed by atoms with E-state index >= 15 is 0 Å². The Labute approximate surface area is 145 Å². The first kappa shape index (κ1) is 19.5. The minimum atomic E-state index is -1.54. The van der Waals surface area contributed by atoms with E-state index < -0.39 is 24.5 Å². The van der Waals surface area contributed by atoms with Gasteiger partial charge >= 0.3 is 0 Å². The molecule has 1 atom stereocenters. The molecular weight excluding hydrogens is 343 g/mol. The lowest BCUT2D eigenvalue weighted by atomic mass is 10.1. The summed E-state index contributed by atoms with van der Waals surface area (Å²) in [6.45, 7) is 2.29. The van der Waals surface area contributed by atoms with Crippen LogP contribution >= 0.6 is 23.2 Å². The average Bonchev–Trinajstić information content (AvgIpc) is 2.52. The van der Waals surface area contributed by atoms with Crippen LogP contribution in [0.15, 0.2) is 18.2 Å². The Kier molecular flexibility index (Phi) is 8.16. The van der Waals surface area contributed by atoms with Crippen LogP contribution in [0.1, 0.15) is 15.9 Å². The summed E-state index contributed by atoms with van der Waals surface area (Å²) in [6.07, 6.45) is 0. The zero-order chi connectivity index (χ0) is 17.4. The van der Waals surface area contributed by atoms with Crippen molar-refractivity contribution in [3.05, 3.63) is 29.3 Å². The Morgan fingerprint density at radius 1 is 1.30 bits per heavy atom. The summed E-state index contributed by atoms with van der Waals surface area (Å²) in [5, 5.41) is 21.9. The molecule has 2 N–H and O–H groups in total. The molecule has 1 amide bonds. The van der Waals surface area contributed by atoms with Crippen molar-refractivity contribution in [3.8, 4) is 0 Å². The zero-order valence-corrected chi connectivity index (χ0v) is 14.2. The third kappa shape index (κ3) is 5.57. The number of hydrogen-bond acceptors (Lipinski definition) is 5. The highest BCUT2D eigenvalue weighted by Crippen LogP contribution is 2.22. The Morgan fingerprint density at radius 3 is 2.39 bits per heavy atom. The summed E-state index contributed by atoms with van der Waals surface area (Å²) in [4.78, 5) is 24.9. The molecule has 8 heteroatoms. The quantitative estimate of drug-likeness (QED) is 0.609. The molecular formula is C15H19Cl2N2O4-. The van der Waals surface area contributed by atoms with E-state index in [9.17, 15) is 14.7 Å². The number of rotatable bonds is 9. The third-order valence-corrected chi connectivity index (χ3v) is 3.63. The smallest absolute Gasteiger partial charge is 0.251 e. The lowest BCUT2D eigenvalue weighted by Crippen LogP contribution is -2.50. The number of hydrogen-bond donors (Lipinski definition) is 2. The van der Waals surface area contributed by atoms with Gasteiger partial charge in [-0.15, -0.1) is 23.2 Å². The van der Waals surface area contributed by atoms with Gasteiger partial charge in [-0.25, -0.2) is 0 Å². The molecule has 0 saturated carbocycles. The number of anilines is 1. The third-order valence-electron chi connectivity index (χ3n) is 3.29. The van der Waals surface area contributed by atoms with Crippen molar-refractivity contribution < 1.29 is 19.8 Å². The fourth-order valence-corrected chi connectivity index (χ4v) is 2.48. The molecule has 0 heterocycles. The number of benzene rings is 1. The second-order valence-electron chi connectivity index (χ2n) is 4.89. The average molecular weight is 362 g/mol. The van der Waals surface area contributed by atoms with Crippen LogP contribution in [0.5, 0.6) is 0 Å². The van der Waals surface area contributed by atoms with E-state index in [4.69, 9.17) is 28.3 Å². The normalized spacial score (nSPS) is 11.8. The molecule has 0 aliphatic carbocycles. The van der Waals surface area contributed by atoms with E-state index in [1.807, 2.05) is 11.8 Å². The Morgan fingerprint density at radius 2 is 1.91 bits per heavy atom. The van der Waals surface area contributed by atoms with Crippen molar-refractivity contribution in [2.45, 2.75) is 13.0 Å². The SMILES string of the molecule is Cc1ccc(C(=O)N[C@H](CO)C(=O)[O-])cc1N(CCCl)CCCl. The second kappa shape index (κ2) is 9.60. The van der Waals surface area contributed by atoms with Gasteiger partial charge in [0, 0.05) is 36.1 Å². The van der Waals surface area contributed by atoms with Crippen molar-refractivity contribution in [2.24, 2.45) is 0 Å². The van der Waals surface area contributed by atoms with Crippen molar-refractivity contribution in [3.63, 3.8) is 0 Å². The molecule has 128 valence electrons. The Bertz CT molecular complexity index is 548. The standard InChI is InChI=1S/C15H20Cl2N2O4/c1-10-2-3-11(14(21)18-12(9-20)15(22)23)8-13(10)19(6-4-16)7-5-17/h2-3,8,12,20H,4-7,9H2,1H3,(H,18,21)(H,22,23)/p-1/t12-/m1/s1. The molecule has 1 aromatic carbocycles. The van der Waals surface area contributed by atoms with Gasteiger partial charge in [0.25, 0.3) is 5.91 Å². The summed E-state index contributed by atoms with van der Waals surface area (Å²) in [7, 11) is 0. The molecule has 0 spiro atoms. The highest BCUT2D eigenvalue weighted by atomic mass is 35.5. The van der Waals surface area contributed by atoms with Crippen LogP contribution in [0.2, 0.25) is 0 Å². The molecule has 0 aliphatic heterocycles. The number of nitrogens with zero attached hydrogens (tertiary/aromatic N) is 1. The van der Waals surface area contributed by atoms with Crippen LogP contribution in [0.4, 0.5) is 5.69 Å². The second-order valence-corrected chi connectivity index (χ2v) is 5.65. The Balaban J connectivity index is 3.03. The molecule has 0 fully saturated rings. The molecule has 0 unspecified atom stereocenters. The largest absolute Gasteiger partial charge is 0.548 e.